The number of ether oxygens (including phenoxy) is 1. The molecule has 0 heterocycles. The van der Waals surface area contributed by atoms with Crippen molar-refractivity contribution in [2.24, 2.45) is 0 Å². The Kier molecular flexibility index (Phi) is 5.93. The van der Waals surface area contributed by atoms with Gasteiger partial charge in [-0.3, -0.25) is 0 Å². The number of benzene rings is 3. The SMILES string of the molecule is Fc1ccc(COc2ccc(F)c(NC(=S)Nc3ccccc3F)c2)cc1. The fourth-order valence-electron chi connectivity index (χ4n) is 2.28. The van der Waals surface area contributed by atoms with Crippen LogP contribution in [-0.2, 0) is 6.61 Å². The van der Waals surface area contributed by atoms with Gasteiger partial charge in [-0.2, -0.15) is 0 Å². The van der Waals surface area contributed by atoms with Crippen molar-refractivity contribution in [3.8, 4) is 5.75 Å². The summed E-state index contributed by atoms with van der Waals surface area (Å²) in [6.07, 6.45) is 0. The molecular weight excluding hydrogens is 373 g/mol. The molecule has 0 spiro atoms. The molecule has 0 fully saturated rings. The van der Waals surface area contributed by atoms with Gasteiger partial charge in [-0.1, -0.05) is 24.3 Å². The number of hydrogen-bond donors (Lipinski definition) is 2. The van der Waals surface area contributed by atoms with E-state index in [4.69, 9.17) is 17.0 Å². The van der Waals surface area contributed by atoms with Crippen LogP contribution in [0, 0.1) is 17.5 Å². The number of nitrogens with one attached hydrogen (secondary N) is 2. The van der Waals surface area contributed by atoms with Crippen molar-refractivity contribution in [2.45, 2.75) is 6.61 Å². The van der Waals surface area contributed by atoms with Crippen LogP contribution in [0.1, 0.15) is 5.56 Å². The Bertz CT molecular complexity index is 948. The lowest BCUT2D eigenvalue weighted by molar-refractivity contribution is 0.306. The van der Waals surface area contributed by atoms with Crippen LogP contribution in [0.4, 0.5) is 24.5 Å². The average Bonchev–Trinajstić information content (AvgIpc) is 2.65. The van der Waals surface area contributed by atoms with Gasteiger partial charge in [0.05, 0.1) is 11.4 Å². The van der Waals surface area contributed by atoms with E-state index in [1.54, 1.807) is 24.3 Å². The molecule has 3 aromatic rings. The zero-order valence-corrected chi connectivity index (χ0v) is 14.8. The van der Waals surface area contributed by atoms with Crippen molar-refractivity contribution in [2.75, 3.05) is 10.6 Å². The predicted molar refractivity (Wildman–Crippen MR) is 103 cm³/mol. The van der Waals surface area contributed by atoms with Crippen LogP contribution in [0.2, 0.25) is 0 Å². The molecular formula is C20H15F3N2OS. The number of halogens is 3. The van der Waals surface area contributed by atoms with E-state index in [9.17, 15) is 13.2 Å². The fourth-order valence-corrected chi connectivity index (χ4v) is 2.50. The van der Waals surface area contributed by atoms with Crippen molar-refractivity contribution in [3.63, 3.8) is 0 Å². The first-order chi connectivity index (χ1) is 13.0. The summed E-state index contributed by atoms with van der Waals surface area (Å²) in [6, 6.07) is 16.0. The van der Waals surface area contributed by atoms with E-state index in [-0.39, 0.29) is 28.9 Å². The second-order valence-electron chi connectivity index (χ2n) is 5.62. The van der Waals surface area contributed by atoms with Crippen molar-refractivity contribution in [1.82, 2.24) is 0 Å². The molecule has 0 atom stereocenters. The normalized spacial score (nSPS) is 10.3. The fraction of sp³-hybridized carbons (Fsp3) is 0.0500. The molecule has 0 aliphatic rings. The first-order valence-corrected chi connectivity index (χ1v) is 8.41. The summed E-state index contributed by atoms with van der Waals surface area (Å²) in [7, 11) is 0. The van der Waals surface area contributed by atoms with Gasteiger partial charge in [-0.25, -0.2) is 13.2 Å². The summed E-state index contributed by atoms with van der Waals surface area (Å²) < 4.78 is 46.2. The van der Waals surface area contributed by atoms with Gasteiger partial charge < -0.3 is 15.4 Å². The van der Waals surface area contributed by atoms with E-state index >= 15 is 0 Å². The third-order valence-electron chi connectivity index (χ3n) is 3.63. The van der Waals surface area contributed by atoms with E-state index in [0.29, 0.717) is 5.75 Å². The van der Waals surface area contributed by atoms with Gasteiger partial charge in [0, 0.05) is 6.07 Å². The lowest BCUT2D eigenvalue weighted by Gasteiger charge is -2.13. The first kappa shape index (κ1) is 18.7. The zero-order valence-electron chi connectivity index (χ0n) is 14.0. The van der Waals surface area contributed by atoms with Crippen LogP contribution in [0.15, 0.2) is 66.7 Å². The van der Waals surface area contributed by atoms with Crippen molar-refractivity contribution in [3.05, 3.63) is 89.7 Å². The molecule has 7 heteroatoms. The Morgan fingerprint density at radius 2 is 1.48 bits per heavy atom. The molecule has 3 aromatic carbocycles. The monoisotopic (exact) mass is 388 g/mol. The summed E-state index contributed by atoms with van der Waals surface area (Å²) in [5.41, 5.74) is 1.03. The minimum atomic E-state index is -0.540. The second-order valence-corrected chi connectivity index (χ2v) is 6.02. The van der Waals surface area contributed by atoms with Gasteiger partial charge in [0.25, 0.3) is 0 Å². The molecule has 27 heavy (non-hydrogen) atoms. The van der Waals surface area contributed by atoms with Gasteiger partial charge >= 0.3 is 0 Å². The molecule has 0 amide bonds. The molecule has 3 nitrogen and oxygen atoms in total. The van der Waals surface area contributed by atoms with Crippen molar-refractivity contribution >= 4 is 28.7 Å². The maximum absolute atomic E-state index is 14.0. The summed E-state index contributed by atoms with van der Waals surface area (Å²) in [6.45, 7) is 0.198. The maximum atomic E-state index is 14.0. The summed E-state index contributed by atoms with van der Waals surface area (Å²) >= 11 is 5.10. The third kappa shape index (κ3) is 5.21. The Hall–Kier alpha value is -3.06. The minimum Gasteiger partial charge on any atom is -0.489 e. The molecule has 0 radical (unpaired) electrons. The Labute approximate surface area is 159 Å². The van der Waals surface area contributed by atoms with Crippen molar-refractivity contribution in [1.29, 1.82) is 0 Å². The molecule has 0 bridgehead atoms. The van der Waals surface area contributed by atoms with Gasteiger partial charge in [-0.15, -0.1) is 0 Å². The van der Waals surface area contributed by atoms with E-state index < -0.39 is 11.6 Å². The largest absolute Gasteiger partial charge is 0.489 e. The smallest absolute Gasteiger partial charge is 0.175 e. The molecule has 0 aliphatic carbocycles. The highest BCUT2D eigenvalue weighted by Crippen LogP contribution is 2.23. The third-order valence-corrected chi connectivity index (χ3v) is 3.83. The molecule has 3 rings (SSSR count). The second kappa shape index (κ2) is 8.55. The molecule has 2 N–H and O–H groups in total. The lowest BCUT2D eigenvalue weighted by Crippen LogP contribution is -2.20. The molecule has 0 saturated heterocycles. The Morgan fingerprint density at radius 3 is 2.22 bits per heavy atom. The van der Waals surface area contributed by atoms with Crippen LogP contribution in [0.5, 0.6) is 5.75 Å². The molecule has 138 valence electrons. The summed E-state index contributed by atoms with van der Waals surface area (Å²) in [5.74, 6) is -0.944. The minimum absolute atomic E-state index is 0.0367. The first-order valence-electron chi connectivity index (χ1n) is 8.00. The number of thiocarbonyl (C=S) groups is 1. The van der Waals surface area contributed by atoms with Crippen molar-refractivity contribution < 1.29 is 17.9 Å². The van der Waals surface area contributed by atoms with Crippen LogP contribution < -0.4 is 15.4 Å². The van der Waals surface area contributed by atoms with Gasteiger partial charge in [0.1, 0.15) is 29.8 Å². The highest BCUT2D eigenvalue weighted by molar-refractivity contribution is 7.80. The summed E-state index contributed by atoms with van der Waals surface area (Å²) in [4.78, 5) is 0. The van der Waals surface area contributed by atoms with E-state index in [2.05, 4.69) is 10.6 Å². The quantitative estimate of drug-likeness (QED) is 0.566. The molecule has 0 unspecified atom stereocenters. The highest BCUT2D eigenvalue weighted by Gasteiger charge is 2.09. The lowest BCUT2D eigenvalue weighted by atomic mass is 10.2. The van der Waals surface area contributed by atoms with E-state index in [1.165, 1.54) is 42.5 Å². The topological polar surface area (TPSA) is 33.3 Å². The number of para-hydroxylation sites is 1. The summed E-state index contributed by atoms with van der Waals surface area (Å²) in [5, 5.41) is 5.39. The Balaban J connectivity index is 1.65. The standard InChI is InChI=1S/C20H15F3N2OS/c21-14-7-5-13(6-8-14)12-26-15-9-10-17(23)19(11-15)25-20(27)24-18-4-2-1-3-16(18)22/h1-11H,12H2,(H2,24,25,27). The van der Waals surface area contributed by atoms with Gasteiger partial charge in [0.15, 0.2) is 5.11 Å². The van der Waals surface area contributed by atoms with Gasteiger partial charge in [-0.05, 0) is 54.2 Å². The number of hydrogen-bond acceptors (Lipinski definition) is 2. The number of anilines is 2. The maximum Gasteiger partial charge on any atom is 0.175 e. The van der Waals surface area contributed by atoms with Gasteiger partial charge in [0.2, 0.25) is 0 Å². The predicted octanol–water partition coefficient (Wildman–Crippen LogP) is 5.49. The van der Waals surface area contributed by atoms with E-state index in [0.717, 1.165) is 5.56 Å². The van der Waals surface area contributed by atoms with Crippen LogP contribution in [0.25, 0.3) is 0 Å². The Morgan fingerprint density at radius 1 is 0.815 bits per heavy atom. The van der Waals surface area contributed by atoms with Crippen LogP contribution in [-0.4, -0.2) is 5.11 Å². The zero-order chi connectivity index (χ0) is 19.2. The van der Waals surface area contributed by atoms with Crippen LogP contribution in [0.3, 0.4) is 0 Å². The molecule has 0 aliphatic heterocycles. The number of rotatable bonds is 5. The van der Waals surface area contributed by atoms with E-state index in [1.807, 2.05) is 0 Å². The average molecular weight is 388 g/mol. The van der Waals surface area contributed by atoms with Crippen LogP contribution >= 0.6 is 12.2 Å². The molecule has 0 saturated carbocycles. The highest BCUT2D eigenvalue weighted by atomic mass is 32.1. The molecule has 0 aromatic heterocycles.